The van der Waals surface area contributed by atoms with Gasteiger partial charge >= 0.3 is 5.97 Å². The second kappa shape index (κ2) is 6.98. The number of rotatable bonds is 5. The molecular weight excluding hydrogens is 330 g/mol. The van der Waals surface area contributed by atoms with Crippen molar-refractivity contribution in [1.82, 2.24) is 14.5 Å². The lowest BCUT2D eigenvalue weighted by Gasteiger charge is -2.16. The Balaban J connectivity index is 2.11. The second-order valence-electron chi connectivity index (χ2n) is 5.23. The molecule has 3 aromatic rings. The van der Waals surface area contributed by atoms with Crippen LogP contribution in [0.15, 0.2) is 42.6 Å². The lowest BCUT2D eigenvalue weighted by molar-refractivity contribution is -0.147. The minimum absolute atomic E-state index is 0.0422. The molecule has 2 aromatic heterocycles. The van der Waals surface area contributed by atoms with Gasteiger partial charge in [-0.15, -0.1) is 0 Å². The van der Waals surface area contributed by atoms with Crippen molar-refractivity contribution in [3.8, 4) is 11.4 Å². The number of fused-ring (bicyclic) bond motifs is 1. The Bertz CT molecular complexity index is 861. The summed E-state index contributed by atoms with van der Waals surface area (Å²) >= 11 is 5.95. The van der Waals surface area contributed by atoms with Crippen molar-refractivity contribution >= 4 is 28.7 Å². The van der Waals surface area contributed by atoms with Crippen LogP contribution >= 0.6 is 11.6 Å². The number of carbonyl (C=O) groups excluding carboxylic acids is 1. The van der Waals surface area contributed by atoms with Gasteiger partial charge in [0.15, 0.2) is 5.65 Å². The molecule has 2 heterocycles. The Morgan fingerprint density at radius 3 is 2.79 bits per heavy atom. The third-order valence-corrected chi connectivity index (χ3v) is 3.87. The van der Waals surface area contributed by atoms with Crippen molar-refractivity contribution in [3.05, 3.63) is 47.6 Å². The normalized spacial score (nSPS) is 12.3. The molecule has 3 rings (SSSR count). The predicted octanol–water partition coefficient (Wildman–Crippen LogP) is 2.85. The minimum atomic E-state index is -0.637. The number of benzene rings is 1. The molecule has 0 bridgehead atoms. The smallest absolute Gasteiger partial charge is 0.329 e. The van der Waals surface area contributed by atoms with Crippen LogP contribution in [-0.4, -0.2) is 38.8 Å². The first-order valence-electron chi connectivity index (χ1n) is 7.48. The van der Waals surface area contributed by atoms with E-state index in [0.717, 1.165) is 5.56 Å². The van der Waals surface area contributed by atoms with Gasteiger partial charge < -0.3 is 9.84 Å². The van der Waals surface area contributed by atoms with Gasteiger partial charge in [-0.2, -0.15) is 0 Å². The average molecular weight is 346 g/mol. The highest BCUT2D eigenvalue weighted by molar-refractivity contribution is 6.30. The van der Waals surface area contributed by atoms with E-state index in [4.69, 9.17) is 21.4 Å². The van der Waals surface area contributed by atoms with Gasteiger partial charge in [0, 0.05) is 16.8 Å². The summed E-state index contributed by atoms with van der Waals surface area (Å²) in [5.74, 6) is 0.151. The van der Waals surface area contributed by atoms with E-state index in [9.17, 15) is 4.79 Å². The van der Waals surface area contributed by atoms with E-state index >= 15 is 0 Å². The molecule has 1 N–H and O–H groups in total. The number of nitrogens with zero attached hydrogens (tertiary/aromatic N) is 3. The molecular formula is C17H16ClN3O3. The molecule has 0 unspecified atom stereocenters. The number of aliphatic hydroxyl groups excluding tert-OH is 1. The number of pyridine rings is 1. The fraction of sp³-hybridized carbons (Fsp3) is 0.235. The molecule has 0 amide bonds. The van der Waals surface area contributed by atoms with E-state index in [1.807, 2.05) is 18.2 Å². The number of halogens is 1. The number of aliphatic hydroxyl groups is 1. The van der Waals surface area contributed by atoms with Gasteiger partial charge in [-0.05, 0) is 43.3 Å². The fourth-order valence-corrected chi connectivity index (χ4v) is 2.60. The summed E-state index contributed by atoms with van der Waals surface area (Å²) < 4.78 is 6.78. The Kier molecular flexibility index (Phi) is 4.78. The van der Waals surface area contributed by atoms with E-state index in [1.165, 1.54) is 0 Å². The number of esters is 1. The van der Waals surface area contributed by atoms with Gasteiger partial charge in [-0.1, -0.05) is 11.6 Å². The van der Waals surface area contributed by atoms with Gasteiger partial charge in [0.1, 0.15) is 24.0 Å². The summed E-state index contributed by atoms with van der Waals surface area (Å²) in [5, 5.41) is 9.46. The van der Waals surface area contributed by atoms with Crippen LogP contribution in [0.4, 0.5) is 0 Å². The van der Waals surface area contributed by atoms with Crippen LogP contribution in [0.2, 0.25) is 5.02 Å². The van der Waals surface area contributed by atoms with Crippen molar-refractivity contribution in [3.63, 3.8) is 0 Å². The summed E-state index contributed by atoms with van der Waals surface area (Å²) in [7, 11) is 0. The first-order valence-corrected chi connectivity index (χ1v) is 7.86. The minimum Gasteiger partial charge on any atom is -0.462 e. The van der Waals surface area contributed by atoms with E-state index in [1.54, 1.807) is 35.9 Å². The zero-order chi connectivity index (χ0) is 17.1. The number of carbonyl (C=O) groups is 1. The zero-order valence-electron chi connectivity index (χ0n) is 13.0. The summed E-state index contributed by atoms with van der Waals surface area (Å²) in [5.41, 5.74) is 2.10. The molecule has 7 heteroatoms. The summed E-state index contributed by atoms with van der Waals surface area (Å²) in [6.45, 7) is 1.46. The molecule has 0 fully saturated rings. The molecule has 6 nitrogen and oxygen atoms in total. The Morgan fingerprint density at radius 2 is 2.08 bits per heavy atom. The van der Waals surface area contributed by atoms with E-state index in [2.05, 4.69) is 9.97 Å². The van der Waals surface area contributed by atoms with Crippen LogP contribution in [0, 0.1) is 0 Å². The van der Waals surface area contributed by atoms with Gasteiger partial charge in [0.2, 0.25) is 0 Å². The van der Waals surface area contributed by atoms with Crippen LogP contribution in [-0.2, 0) is 9.53 Å². The predicted molar refractivity (Wildman–Crippen MR) is 90.7 cm³/mol. The third kappa shape index (κ3) is 3.11. The lowest BCUT2D eigenvalue weighted by Crippen LogP contribution is -2.21. The van der Waals surface area contributed by atoms with Gasteiger partial charge in [-0.3, -0.25) is 4.57 Å². The van der Waals surface area contributed by atoms with Gasteiger partial charge in [0.25, 0.3) is 0 Å². The fourth-order valence-electron chi connectivity index (χ4n) is 2.47. The van der Waals surface area contributed by atoms with Crippen LogP contribution in [0.25, 0.3) is 22.6 Å². The highest BCUT2D eigenvalue weighted by Crippen LogP contribution is 2.28. The molecule has 0 aliphatic carbocycles. The summed E-state index contributed by atoms with van der Waals surface area (Å²) in [6.07, 6.45) is 1.65. The molecule has 1 atom stereocenters. The molecule has 24 heavy (non-hydrogen) atoms. The molecule has 0 aliphatic rings. The highest BCUT2D eigenvalue weighted by Gasteiger charge is 2.24. The van der Waals surface area contributed by atoms with Crippen LogP contribution in [0.5, 0.6) is 0 Å². The van der Waals surface area contributed by atoms with Crippen molar-refractivity contribution in [2.75, 3.05) is 13.2 Å². The Morgan fingerprint density at radius 1 is 1.33 bits per heavy atom. The molecule has 0 aliphatic heterocycles. The third-order valence-electron chi connectivity index (χ3n) is 3.62. The zero-order valence-corrected chi connectivity index (χ0v) is 13.8. The van der Waals surface area contributed by atoms with Gasteiger partial charge in [0.05, 0.1) is 6.61 Å². The molecule has 0 saturated heterocycles. The highest BCUT2D eigenvalue weighted by atomic mass is 35.5. The van der Waals surface area contributed by atoms with Crippen LogP contribution in [0.3, 0.4) is 0 Å². The maximum Gasteiger partial charge on any atom is 0.329 e. The number of ether oxygens (including phenoxy) is 1. The quantitative estimate of drug-likeness (QED) is 0.719. The topological polar surface area (TPSA) is 77.2 Å². The van der Waals surface area contributed by atoms with E-state index in [-0.39, 0.29) is 13.2 Å². The maximum atomic E-state index is 12.3. The number of imidazole rings is 1. The number of hydrogen-bond acceptors (Lipinski definition) is 5. The van der Waals surface area contributed by atoms with Crippen molar-refractivity contribution < 1.29 is 14.6 Å². The Hall–Kier alpha value is -2.44. The maximum absolute atomic E-state index is 12.3. The van der Waals surface area contributed by atoms with E-state index < -0.39 is 12.0 Å². The van der Waals surface area contributed by atoms with Gasteiger partial charge in [-0.25, -0.2) is 14.8 Å². The lowest BCUT2D eigenvalue weighted by atomic mass is 10.2. The Labute approximate surface area is 143 Å². The average Bonchev–Trinajstić information content (AvgIpc) is 2.99. The van der Waals surface area contributed by atoms with Crippen molar-refractivity contribution in [2.45, 2.75) is 13.0 Å². The standard InChI is InChI=1S/C17H16ClN3O3/c1-11(17(23)24-10-9-22)21-15(12-4-6-13(18)7-5-12)20-14-3-2-8-19-16(14)21/h2-8,11,22H,9-10H2,1H3/t11-/m1/s1. The summed E-state index contributed by atoms with van der Waals surface area (Å²) in [6, 6.07) is 10.2. The largest absolute Gasteiger partial charge is 0.462 e. The molecule has 0 saturated carbocycles. The molecule has 1 aromatic carbocycles. The van der Waals surface area contributed by atoms with Crippen LogP contribution in [0.1, 0.15) is 13.0 Å². The second-order valence-corrected chi connectivity index (χ2v) is 5.66. The number of hydrogen-bond donors (Lipinski definition) is 1. The first kappa shape index (κ1) is 16.4. The first-order chi connectivity index (χ1) is 11.6. The van der Waals surface area contributed by atoms with Crippen LogP contribution < -0.4 is 0 Å². The van der Waals surface area contributed by atoms with Crippen molar-refractivity contribution in [1.29, 1.82) is 0 Å². The molecule has 0 spiro atoms. The monoisotopic (exact) mass is 345 g/mol. The number of aromatic nitrogens is 3. The molecule has 124 valence electrons. The van der Waals surface area contributed by atoms with E-state index in [0.29, 0.717) is 22.0 Å². The SMILES string of the molecule is C[C@H](C(=O)OCCO)n1c(-c2ccc(Cl)cc2)nc2cccnc21. The van der Waals surface area contributed by atoms with Crippen molar-refractivity contribution in [2.24, 2.45) is 0 Å². The molecule has 0 radical (unpaired) electrons. The summed E-state index contributed by atoms with van der Waals surface area (Å²) in [4.78, 5) is 21.2.